The van der Waals surface area contributed by atoms with E-state index in [-0.39, 0.29) is 17.8 Å². The Balaban J connectivity index is 1.76. The summed E-state index contributed by atoms with van der Waals surface area (Å²) in [7, 11) is -2.92. The average molecular weight is 294 g/mol. The molecule has 2 saturated heterocycles. The van der Waals surface area contributed by atoms with E-state index in [9.17, 15) is 8.42 Å². The fourth-order valence-corrected chi connectivity index (χ4v) is 5.28. The predicted molar refractivity (Wildman–Crippen MR) is 81.7 cm³/mol. The summed E-state index contributed by atoms with van der Waals surface area (Å²) < 4.78 is 24.0. The Bertz CT molecular complexity index is 538. The van der Waals surface area contributed by atoms with Gasteiger partial charge in [0.05, 0.1) is 17.5 Å². The van der Waals surface area contributed by atoms with Crippen molar-refractivity contribution in [2.24, 2.45) is 0 Å². The number of para-hydroxylation sites is 1. The molecule has 4 nitrogen and oxygen atoms in total. The van der Waals surface area contributed by atoms with Crippen LogP contribution in [0.3, 0.4) is 0 Å². The molecule has 1 N–H and O–H groups in total. The molecule has 1 aromatic carbocycles. The van der Waals surface area contributed by atoms with E-state index in [4.69, 9.17) is 0 Å². The lowest BCUT2D eigenvalue weighted by molar-refractivity contribution is 0.170. The Labute approximate surface area is 121 Å². The largest absolute Gasteiger partial charge is 0.380 e. The van der Waals surface area contributed by atoms with Crippen LogP contribution in [-0.4, -0.2) is 50.0 Å². The fraction of sp³-hybridized carbons (Fsp3) is 0.600. The summed E-state index contributed by atoms with van der Waals surface area (Å²) in [6, 6.07) is 10.1. The molecule has 2 heterocycles. The van der Waals surface area contributed by atoms with Gasteiger partial charge in [0.1, 0.15) is 0 Å². The summed E-state index contributed by atoms with van der Waals surface area (Å²) in [5.41, 5.74) is 1.01. The third kappa shape index (κ3) is 3.15. The maximum atomic E-state index is 12.0. The summed E-state index contributed by atoms with van der Waals surface area (Å²) in [5.74, 6) is 0.556. The molecule has 0 spiro atoms. The maximum absolute atomic E-state index is 12.0. The zero-order valence-electron chi connectivity index (χ0n) is 11.7. The Morgan fingerprint density at radius 1 is 1.00 bits per heavy atom. The van der Waals surface area contributed by atoms with Gasteiger partial charge in [-0.2, -0.15) is 0 Å². The van der Waals surface area contributed by atoms with Gasteiger partial charge in [-0.15, -0.1) is 0 Å². The minimum Gasteiger partial charge on any atom is -0.380 e. The molecule has 0 radical (unpaired) electrons. The molecule has 110 valence electrons. The molecule has 0 aliphatic carbocycles. The van der Waals surface area contributed by atoms with Gasteiger partial charge in [0.25, 0.3) is 0 Å². The first-order valence-corrected chi connectivity index (χ1v) is 9.22. The molecular weight excluding hydrogens is 272 g/mol. The second kappa shape index (κ2) is 5.74. The summed E-state index contributed by atoms with van der Waals surface area (Å²) in [6.07, 6.45) is 3.65. The Morgan fingerprint density at radius 2 is 1.70 bits per heavy atom. The van der Waals surface area contributed by atoms with E-state index in [1.54, 1.807) is 0 Å². The number of anilines is 1. The molecule has 2 fully saturated rings. The van der Waals surface area contributed by atoms with Gasteiger partial charge in [0.2, 0.25) is 0 Å². The van der Waals surface area contributed by atoms with Crippen molar-refractivity contribution in [1.82, 2.24) is 4.90 Å². The molecule has 1 aromatic rings. The van der Waals surface area contributed by atoms with E-state index < -0.39 is 9.84 Å². The molecular formula is C15H22N2O2S. The van der Waals surface area contributed by atoms with Crippen molar-refractivity contribution >= 4 is 15.5 Å². The molecule has 2 aliphatic rings. The third-order valence-electron chi connectivity index (χ3n) is 4.31. The van der Waals surface area contributed by atoms with E-state index in [0.29, 0.717) is 5.75 Å². The number of benzene rings is 1. The summed E-state index contributed by atoms with van der Waals surface area (Å²) >= 11 is 0. The van der Waals surface area contributed by atoms with Crippen molar-refractivity contribution in [3.8, 4) is 0 Å². The lowest BCUT2D eigenvalue weighted by Crippen LogP contribution is -2.48. The molecule has 2 aliphatic heterocycles. The van der Waals surface area contributed by atoms with Crippen LogP contribution in [0.15, 0.2) is 30.3 Å². The van der Waals surface area contributed by atoms with E-state index in [0.717, 1.165) is 18.8 Å². The summed E-state index contributed by atoms with van der Waals surface area (Å²) in [4.78, 5) is 2.37. The molecule has 0 bridgehead atoms. The lowest BCUT2D eigenvalue weighted by atomic mass is 10.0. The van der Waals surface area contributed by atoms with Gasteiger partial charge in [0.15, 0.2) is 9.84 Å². The van der Waals surface area contributed by atoms with E-state index in [1.165, 1.54) is 19.3 Å². The predicted octanol–water partition coefficient (Wildman–Crippen LogP) is 1.75. The number of nitrogens with one attached hydrogen (secondary N) is 1. The van der Waals surface area contributed by atoms with Gasteiger partial charge in [-0.3, -0.25) is 4.90 Å². The minimum atomic E-state index is -2.92. The fourth-order valence-electron chi connectivity index (χ4n) is 3.33. The number of nitrogens with zero attached hydrogens (tertiary/aromatic N) is 1. The summed E-state index contributed by atoms with van der Waals surface area (Å²) in [5, 5.41) is 3.42. The van der Waals surface area contributed by atoms with Crippen molar-refractivity contribution in [2.75, 3.05) is 29.9 Å². The van der Waals surface area contributed by atoms with Gasteiger partial charge in [-0.25, -0.2) is 8.42 Å². The van der Waals surface area contributed by atoms with Crippen LogP contribution in [0.1, 0.15) is 19.3 Å². The van der Waals surface area contributed by atoms with E-state index >= 15 is 0 Å². The number of hydrogen-bond donors (Lipinski definition) is 1. The van der Waals surface area contributed by atoms with Gasteiger partial charge in [-0.1, -0.05) is 24.6 Å². The first kappa shape index (κ1) is 13.9. The van der Waals surface area contributed by atoms with Crippen LogP contribution in [0.4, 0.5) is 5.69 Å². The van der Waals surface area contributed by atoms with Gasteiger partial charge < -0.3 is 5.32 Å². The highest BCUT2D eigenvalue weighted by Crippen LogP contribution is 2.24. The van der Waals surface area contributed by atoms with E-state index in [1.807, 2.05) is 30.3 Å². The van der Waals surface area contributed by atoms with Crippen LogP contribution in [0.25, 0.3) is 0 Å². The Morgan fingerprint density at radius 3 is 2.40 bits per heavy atom. The molecule has 0 aromatic heterocycles. The Kier molecular flexibility index (Phi) is 3.98. The molecule has 20 heavy (non-hydrogen) atoms. The molecule has 3 rings (SSSR count). The highest BCUT2D eigenvalue weighted by atomic mass is 32.2. The van der Waals surface area contributed by atoms with E-state index in [2.05, 4.69) is 10.2 Å². The second-order valence-electron chi connectivity index (χ2n) is 5.86. The van der Waals surface area contributed by atoms with Crippen LogP contribution in [-0.2, 0) is 9.84 Å². The van der Waals surface area contributed by atoms with Crippen LogP contribution >= 0.6 is 0 Å². The minimum absolute atomic E-state index is 0.0144. The SMILES string of the molecule is O=S1(=O)C[C@H](Nc2ccccc2)[C@@H](N2CCCCC2)C1. The zero-order valence-corrected chi connectivity index (χ0v) is 12.5. The monoisotopic (exact) mass is 294 g/mol. The van der Waals surface area contributed by atoms with Crippen LogP contribution < -0.4 is 5.32 Å². The number of likely N-dealkylation sites (tertiary alicyclic amines) is 1. The number of rotatable bonds is 3. The maximum Gasteiger partial charge on any atom is 0.153 e. The van der Waals surface area contributed by atoms with Crippen molar-refractivity contribution in [1.29, 1.82) is 0 Å². The molecule has 0 unspecified atom stereocenters. The van der Waals surface area contributed by atoms with Crippen LogP contribution in [0.2, 0.25) is 0 Å². The topological polar surface area (TPSA) is 49.4 Å². The highest BCUT2D eigenvalue weighted by molar-refractivity contribution is 7.91. The van der Waals surface area contributed by atoms with Crippen molar-refractivity contribution < 1.29 is 8.42 Å². The van der Waals surface area contributed by atoms with Crippen LogP contribution in [0, 0.1) is 0 Å². The number of sulfone groups is 1. The quantitative estimate of drug-likeness (QED) is 0.923. The number of piperidine rings is 1. The molecule has 2 atom stereocenters. The third-order valence-corrected chi connectivity index (χ3v) is 6.02. The smallest absolute Gasteiger partial charge is 0.153 e. The van der Waals surface area contributed by atoms with Crippen LogP contribution in [0.5, 0.6) is 0 Å². The first-order valence-electron chi connectivity index (χ1n) is 7.40. The Hall–Kier alpha value is -1.07. The zero-order chi connectivity index (χ0) is 14.0. The molecule has 0 amide bonds. The van der Waals surface area contributed by atoms with Crippen molar-refractivity contribution in [3.05, 3.63) is 30.3 Å². The molecule has 5 heteroatoms. The normalized spacial score (nSPS) is 30.2. The second-order valence-corrected chi connectivity index (χ2v) is 8.01. The van der Waals surface area contributed by atoms with Gasteiger partial charge in [-0.05, 0) is 38.1 Å². The first-order chi connectivity index (χ1) is 9.64. The van der Waals surface area contributed by atoms with Gasteiger partial charge in [0, 0.05) is 11.7 Å². The highest BCUT2D eigenvalue weighted by Gasteiger charge is 2.41. The average Bonchev–Trinajstić information content (AvgIpc) is 2.76. The lowest BCUT2D eigenvalue weighted by Gasteiger charge is -2.35. The standard InChI is InChI=1S/C15H22N2O2S/c18-20(19)11-14(16-13-7-3-1-4-8-13)15(12-20)17-9-5-2-6-10-17/h1,3-4,7-8,14-16H,2,5-6,9-12H2/t14-,15-/m0/s1. The van der Waals surface area contributed by atoms with Crippen molar-refractivity contribution in [2.45, 2.75) is 31.3 Å². The number of hydrogen-bond acceptors (Lipinski definition) is 4. The van der Waals surface area contributed by atoms with Gasteiger partial charge >= 0.3 is 0 Å². The van der Waals surface area contributed by atoms with Crippen molar-refractivity contribution in [3.63, 3.8) is 0 Å². The summed E-state index contributed by atoms with van der Waals surface area (Å²) in [6.45, 7) is 2.07. The molecule has 0 saturated carbocycles.